The minimum absolute atomic E-state index is 0.559. The van der Waals surface area contributed by atoms with Crippen molar-refractivity contribution in [3.05, 3.63) is 30.2 Å². The Morgan fingerprint density at radius 1 is 1.33 bits per heavy atom. The van der Waals surface area contributed by atoms with Gasteiger partial charge in [0.05, 0.1) is 5.75 Å². The van der Waals surface area contributed by atoms with Crippen molar-refractivity contribution in [3.63, 3.8) is 0 Å². The number of thioether (sulfide) groups is 1. The molecule has 0 bridgehead atoms. The van der Waals surface area contributed by atoms with E-state index in [1.165, 1.54) is 11.8 Å². The zero-order valence-corrected chi connectivity index (χ0v) is 10.5. The molecule has 0 atom stereocenters. The normalized spacial score (nSPS) is 11.2. The number of rotatable bonds is 4. The monoisotopic (exact) mass is 262 g/mol. The highest BCUT2D eigenvalue weighted by molar-refractivity contribution is 7.98. The van der Waals surface area contributed by atoms with Crippen LogP contribution in [0.1, 0.15) is 18.7 Å². The van der Waals surface area contributed by atoms with Crippen molar-refractivity contribution in [2.45, 2.75) is 24.3 Å². The second-order valence-electron chi connectivity index (χ2n) is 3.49. The Balaban J connectivity index is 1.72. The summed E-state index contributed by atoms with van der Waals surface area (Å²) in [6.45, 7) is 1.97. The van der Waals surface area contributed by atoms with E-state index in [1.807, 2.05) is 13.0 Å². The van der Waals surface area contributed by atoms with Crippen molar-refractivity contribution in [1.29, 1.82) is 0 Å². The lowest BCUT2D eigenvalue weighted by atomic mass is 10.5. The van der Waals surface area contributed by atoms with Gasteiger partial charge >= 0.3 is 0 Å². The van der Waals surface area contributed by atoms with Gasteiger partial charge in [-0.25, -0.2) is 9.50 Å². The van der Waals surface area contributed by atoms with Gasteiger partial charge in [0, 0.05) is 18.8 Å². The van der Waals surface area contributed by atoms with Gasteiger partial charge in [-0.05, 0) is 6.07 Å². The Bertz CT molecular complexity index is 630. The van der Waals surface area contributed by atoms with E-state index >= 15 is 0 Å². The van der Waals surface area contributed by atoms with Crippen LogP contribution in [0.2, 0.25) is 0 Å². The summed E-state index contributed by atoms with van der Waals surface area (Å²) in [5.41, 5.74) is 0. The molecule has 0 N–H and O–H groups in total. The zero-order valence-electron chi connectivity index (χ0n) is 9.65. The van der Waals surface area contributed by atoms with E-state index in [9.17, 15) is 0 Å². The van der Waals surface area contributed by atoms with Gasteiger partial charge in [-0.15, -0.1) is 15.3 Å². The highest BCUT2D eigenvalue weighted by Crippen LogP contribution is 2.18. The molecule has 0 amide bonds. The molecule has 0 saturated heterocycles. The Hall–Kier alpha value is -1.96. The molecule has 0 aliphatic carbocycles. The summed E-state index contributed by atoms with van der Waals surface area (Å²) in [4.78, 5) is 8.37. The average Bonchev–Trinajstić information content (AvgIpc) is 3.02. The number of nitrogens with zero attached hydrogens (tertiary/aromatic N) is 6. The van der Waals surface area contributed by atoms with Crippen LogP contribution in [0.25, 0.3) is 5.78 Å². The zero-order chi connectivity index (χ0) is 12.4. The van der Waals surface area contributed by atoms with Crippen LogP contribution in [0.4, 0.5) is 0 Å². The van der Waals surface area contributed by atoms with Crippen molar-refractivity contribution in [2.24, 2.45) is 0 Å². The lowest BCUT2D eigenvalue weighted by Gasteiger charge is -1.89. The largest absolute Gasteiger partial charge is 0.424 e. The number of fused-ring (bicyclic) bond motifs is 1. The molecule has 0 unspecified atom stereocenters. The summed E-state index contributed by atoms with van der Waals surface area (Å²) < 4.78 is 7.04. The van der Waals surface area contributed by atoms with Crippen LogP contribution in [0.5, 0.6) is 0 Å². The van der Waals surface area contributed by atoms with E-state index in [0.29, 0.717) is 28.5 Å². The molecule has 0 aliphatic rings. The molecular formula is C10H10N6OS. The first kappa shape index (κ1) is 11.1. The lowest BCUT2D eigenvalue weighted by Crippen LogP contribution is -1.87. The second-order valence-corrected chi connectivity index (χ2v) is 4.43. The Morgan fingerprint density at radius 3 is 3.00 bits per heavy atom. The molecule has 92 valence electrons. The van der Waals surface area contributed by atoms with Gasteiger partial charge < -0.3 is 4.42 Å². The summed E-state index contributed by atoms with van der Waals surface area (Å²) in [5.74, 6) is 2.38. The maximum atomic E-state index is 5.41. The molecule has 18 heavy (non-hydrogen) atoms. The van der Waals surface area contributed by atoms with Crippen LogP contribution in [-0.4, -0.2) is 29.8 Å². The summed E-state index contributed by atoms with van der Waals surface area (Å²) in [6.07, 6.45) is 4.24. The molecule has 3 aromatic heterocycles. The predicted molar refractivity (Wildman–Crippen MR) is 64.0 cm³/mol. The SMILES string of the molecule is CCc1nnc(CSc2nc3ncccn3n2)o1. The van der Waals surface area contributed by atoms with Crippen molar-refractivity contribution in [2.75, 3.05) is 0 Å². The van der Waals surface area contributed by atoms with Crippen molar-refractivity contribution >= 4 is 17.5 Å². The van der Waals surface area contributed by atoms with Crippen molar-refractivity contribution < 1.29 is 4.42 Å². The number of hydrogen-bond acceptors (Lipinski definition) is 7. The Morgan fingerprint density at radius 2 is 2.22 bits per heavy atom. The number of aryl methyl sites for hydroxylation is 1. The summed E-state index contributed by atoms with van der Waals surface area (Å²) in [6, 6.07) is 1.81. The third-order valence-electron chi connectivity index (χ3n) is 2.23. The fourth-order valence-corrected chi connectivity index (χ4v) is 2.05. The molecule has 0 fully saturated rings. The van der Waals surface area contributed by atoms with Gasteiger partial charge in [-0.1, -0.05) is 18.7 Å². The molecule has 0 spiro atoms. The lowest BCUT2D eigenvalue weighted by molar-refractivity contribution is 0.470. The second kappa shape index (κ2) is 4.73. The third kappa shape index (κ3) is 2.19. The fourth-order valence-electron chi connectivity index (χ4n) is 1.39. The van der Waals surface area contributed by atoms with Gasteiger partial charge in [0.2, 0.25) is 16.9 Å². The molecule has 0 aromatic carbocycles. The van der Waals surface area contributed by atoms with E-state index in [2.05, 4.69) is 25.3 Å². The van der Waals surface area contributed by atoms with Crippen LogP contribution in [-0.2, 0) is 12.2 Å². The molecule has 0 radical (unpaired) electrons. The summed E-state index contributed by atoms with van der Waals surface area (Å²) >= 11 is 1.44. The topological polar surface area (TPSA) is 82.0 Å². The molecule has 3 heterocycles. The fraction of sp³-hybridized carbons (Fsp3) is 0.300. The molecule has 0 saturated carbocycles. The number of hydrogen-bond donors (Lipinski definition) is 0. The van der Waals surface area contributed by atoms with Crippen molar-refractivity contribution in [3.8, 4) is 0 Å². The van der Waals surface area contributed by atoms with Crippen LogP contribution < -0.4 is 0 Å². The van der Waals surface area contributed by atoms with Crippen molar-refractivity contribution in [1.82, 2.24) is 29.8 Å². The summed E-state index contributed by atoms with van der Waals surface area (Å²) in [7, 11) is 0. The first-order valence-corrected chi connectivity index (χ1v) is 6.45. The van der Waals surface area contributed by atoms with Crippen LogP contribution in [0.15, 0.2) is 28.0 Å². The van der Waals surface area contributed by atoms with E-state index in [0.717, 1.165) is 6.42 Å². The molecule has 8 heteroatoms. The minimum Gasteiger partial charge on any atom is -0.424 e. The van der Waals surface area contributed by atoms with E-state index in [4.69, 9.17) is 4.42 Å². The standard InChI is InChI=1S/C10H10N6OS/c1-2-7-13-14-8(17-7)6-18-10-12-9-11-4-3-5-16(9)15-10/h3-5H,2,6H2,1H3. The van der Waals surface area contributed by atoms with Gasteiger partial charge in [0.15, 0.2) is 0 Å². The first-order valence-electron chi connectivity index (χ1n) is 5.46. The van der Waals surface area contributed by atoms with Crippen LogP contribution >= 0.6 is 11.8 Å². The Kier molecular flexibility index (Phi) is 2.93. The Labute approximate surface area is 107 Å². The minimum atomic E-state index is 0.559. The van der Waals surface area contributed by atoms with Gasteiger partial charge in [0.1, 0.15) is 0 Å². The van der Waals surface area contributed by atoms with Crippen LogP contribution in [0.3, 0.4) is 0 Å². The molecule has 3 rings (SSSR count). The van der Waals surface area contributed by atoms with E-state index in [1.54, 1.807) is 16.9 Å². The predicted octanol–water partition coefficient (Wildman–Crippen LogP) is 1.36. The highest BCUT2D eigenvalue weighted by atomic mass is 32.2. The quantitative estimate of drug-likeness (QED) is 0.656. The molecule has 3 aromatic rings. The number of aromatic nitrogens is 6. The molecular weight excluding hydrogens is 252 g/mol. The van der Waals surface area contributed by atoms with Crippen LogP contribution in [0, 0.1) is 0 Å². The smallest absolute Gasteiger partial charge is 0.253 e. The average molecular weight is 262 g/mol. The molecule has 7 nitrogen and oxygen atoms in total. The molecule has 0 aliphatic heterocycles. The third-order valence-corrected chi connectivity index (χ3v) is 3.06. The first-order chi connectivity index (χ1) is 8.85. The van der Waals surface area contributed by atoms with Gasteiger partial charge in [-0.2, -0.15) is 4.98 Å². The maximum Gasteiger partial charge on any atom is 0.253 e. The van der Waals surface area contributed by atoms with Gasteiger partial charge in [0.25, 0.3) is 5.78 Å². The van der Waals surface area contributed by atoms with Gasteiger partial charge in [-0.3, -0.25) is 0 Å². The van der Waals surface area contributed by atoms with E-state index < -0.39 is 0 Å². The maximum absolute atomic E-state index is 5.41. The highest BCUT2D eigenvalue weighted by Gasteiger charge is 2.08. The van der Waals surface area contributed by atoms with E-state index in [-0.39, 0.29) is 0 Å². The summed E-state index contributed by atoms with van der Waals surface area (Å²) in [5, 5.41) is 12.8.